The van der Waals surface area contributed by atoms with E-state index in [2.05, 4.69) is 0 Å². The highest BCUT2D eigenvalue weighted by molar-refractivity contribution is 7.98. The van der Waals surface area contributed by atoms with Crippen LogP contribution in [0.5, 0.6) is 0 Å². The maximum atomic E-state index is 12.6. The molecule has 0 unspecified atom stereocenters. The number of thioether (sulfide) groups is 1. The van der Waals surface area contributed by atoms with Gasteiger partial charge in [-0.1, -0.05) is 6.07 Å². The third-order valence-corrected chi connectivity index (χ3v) is 2.68. The fraction of sp³-hybridized carbons (Fsp3) is 0.364. The molecule has 2 nitrogen and oxygen atoms in total. The lowest BCUT2D eigenvalue weighted by Gasteiger charge is -2.07. The van der Waals surface area contributed by atoms with Crippen LogP contribution in [0.1, 0.15) is 22.8 Å². The number of esters is 1. The molecule has 0 aromatic heterocycles. The Morgan fingerprint density at radius 2 is 2.27 bits per heavy atom. The second kappa shape index (κ2) is 5.75. The molecule has 0 spiro atoms. The summed E-state index contributed by atoms with van der Waals surface area (Å²) in [5.74, 6) is -0.457. The minimum absolute atomic E-state index is 0.300. The van der Waals surface area contributed by atoms with E-state index in [4.69, 9.17) is 4.74 Å². The molecule has 15 heavy (non-hydrogen) atoms. The van der Waals surface area contributed by atoms with Crippen LogP contribution in [0.15, 0.2) is 23.1 Å². The minimum atomic E-state index is -0.650. The van der Waals surface area contributed by atoms with E-state index in [9.17, 15) is 9.18 Å². The number of ether oxygens (including phenoxy) is 1. The van der Waals surface area contributed by atoms with Crippen molar-refractivity contribution in [2.75, 3.05) is 12.9 Å². The van der Waals surface area contributed by atoms with E-state index in [1.165, 1.54) is 11.8 Å². The van der Waals surface area contributed by atoms with Gasteiger partial charge in [-0.2, -0.15) is 0 Å². The standard InChI is InChI=1S/C11H13FO2S/c1-3-14-11(13)10-6-9(15-2)5-4-8(10)7-12/h4-6H,3,7H2,1-2H3. The quantitative estimate of drug-likeness (QED) is 0.585. The Hall–Kier alpha value is -1.03. The first-order valence-electron chi connectivity index (χ1n) is 4.63. The van der Waals surface area contributed by atoms with Crippen molar-refractivity contribution in [1.82, 2.24) is 0 Å². The summed E-state index contributed by atoms with van der Waals surface area (Å²) in [5.41, 5.74) is 0.706. The molecule has 0 amide bonds. The molecule has 0 fully saturated rings. The van der Waals surface area contributed by atoms with Crippen LogP contribution in [-0.2, 0) is 11.4 Å². The molecule has 0 saturated heterocycles. The molecule has 82 valence electrons. The Kier molecular flexibility index (Phi) is 4.62. The van der Waals surface area contributed by atoms with Crippen LogP contribution in [0, 0.1) is 0 Å². The van der Waals surface area contributed by atoms with Gasteiger partial charge in [0.15, 0.2) is 0 Å². The molecule has 0 heterocycles. The number of carbonyl (C=O) groups is 1. The fourth-order valence-electron chi connectivity index (χ4n) is 1.20. The van der Waals surface area contributed by atoms with Crippen LogP contribution < -0.4 is 0 Å². The molecule has 1 aromatic carbocycles. The lowest BCUT2D eigenvalue weighted by Crippen LogP contribution is -2.07. The van der Waals surface area contributed by atoms with Crippen molar-refractivity contribution in [3.8, 4) is 0 Å². The van der Waals surface area contributed by atoms with E-state index in [1.807, 2.05) is 6.26 Å². The van der Waals surface area contributed by atoms with Crippen molar-refractivity contribution >= 4 is 17.7 Å². The molecule has 0 aliphatic carbocycles. The van der Waals surface area contributed by atoms with Crippen molar-refractivity contribution in [1.29, 1.82) is 0 Å². The normalized spacial score (nSPS) is 10.1. The Labute approximate surface area is 92.8 Å². The van der Waals surface area contributed by atoms with Gasteiger partial charge in [0.25, 0.3) is 0 Å². The van der Waals surface area contributed by atoms with E-state index in [0.29, 0.717) is 17.7 Å². The van der Waals surface area contributed by atoms with Crippen LogP contribution in [0.25, 0.3) is 0 Å². The lowest BCUT2D eigenvalue weighted by molar-refractivity contribution is 0.0524. The number of benzene rings is 1. The Balaban J connectivity index is 3.05. The van der Waals surface area contributed by atoms with Gasteiger partial charge >= 0.3 is 5.97 Å². The van der Waals surface area contributed by atoms with Gasteiger partial charge in [-0.05, 0) is 30.9 Å². The SMILES string of the molecule is CCOC(=O)c1cc(SC)ccc1CF. The van der Waals surface area contributed by atoms with E-state index in [1.54, 1.807) is 25.1 Å². The molecule has 0 aliphatic rings. The van der Waals surface area contributed by atoms with Gasteiger partial charge in [-0.25, -0.2) is 9.18 Å². The second-order valence-electron chi connectivity index (χ2n) is 2.88. The van der Waals surface area contributed by atoms with E-state index in [0.717, 1.165) is 4.90 Å². The molecule has 4 heteroatoms. The lowest BCUT2D eigenvalue weighted by atomic mass is 10.1. The first-order chi connectivity index (χ1) is 7.22. The molecule has 0 atom stereocenters. The van der Waals surface area contributed by atoms with Gasteiger partial charge < -0.3 is 4.74 Å². The van der Waals surface area contributed by atoms with Gasteiger partial charge in [0.05, 0.1) is 12.2 Å². The van der Waals surface area contributed by atoms with Gasteiger partial charge in [-0.15, -0.1) is 11.8 Å². The van der Waals surface area contributed by atoms with Crippen molar-refractivity contribution in [3.05, 3.63) is 29.3 Å². The summed E-state index contributed by atoms with van der Waals surface area (Å²) in [4.78, 5) is 12.4. The fourth-order valence-corrected chi connectivity index (χ4v) is 1.64. The number of halogens is 1. The van der Waals surface area contributed by atoms with Crippen molar-refractivity contribution in [3.63, 3.8) is 0 Å². The summed E-state index contributed by atoms with van der Waals surface area (Å²) >= 11 is 1.51. The van der Waals surface area contributed by atoms with Crippen molar-refractivity contribution in [2.45, 2.75) is 18.5 Å². The summed E-state index contributed by atoms with van der Waals surface area (Å²) in [6.07, 6.45) is 1.90. The Bertz CT molecular complexity index is 352. The topological polar surface area (TPSA) is 26.3 Å². The van der Waals surface area contributed by atoms with Gasteiger partial charge in [0.1, 0.15) is 6.67 Å². The molecule has 0 bridgehead atoms. The third kappa shape index (κ3) is 2.96. The molecular weight excluding hydrogens is 215 g/mol. The van der Waals surface area contributed by atoms with E-state index in [-0.39, 0.29) is 0 Å². The maximum absolute atomic E-state index is 12.6. The summed E-state index contributed by atoms with van der Waals surface area (Å²) in [7, 11) is 0. The van der Waals surface area contributed by atoms with Crippen LogP contribution in [0.3, 0.4) is 0 Å². The maximum Gasteiger partial charge on any atom is 0.338 e. The van der Waals surface area contributed by atoms with Gasteiger partial charge in [0, 0.05) is 4.90 Å². The highest BCUT2D eigenvalue weighted by Crippen LogP contribution is 2.21. The number of alkyl halides is 1. The largest absolute Gasteiger partial charge is 0.462 e. The minimum Gasteiger partial charge on any atom is -0.462 e. The molecule has 1 aromatic rings. The van der Waals surface area contributed by atoms with Crippen LogP contribution in [-0.4, -0.2) is 18.8 Å². The number of hydrogen-bond donors (Lipinski definition) is 0. The zero-order valence-electron chi connectivity index (χ0n) is 8.75. The van der Waals surface area contributed by atoms with Crippen LogP contribution in [0.2, 0.25) is 0 Å². The molecular formula is C11H13FO2S. The molecule has 0 saturated carbocycles. The summed E-state index contributed by atoms with van der Waals surface area (Å²) in [6, 6.07) is 5.08. The molecule has 1 rings (SSSR count). The van der Waals surface area contributed by atoms with Crippen LogP contribution >= 0.6 is 11.8 Å². The summed E-state index contributed by atoms with van der Waals surface area (Å²) in [6.45, 7) is 1.38. The summed E-state index contributed by atoms with van der Waals surface area (Å²) < 4.78 is 17.5. The first-order valence-corrected chi connectivity index (χ1v) is 5.85. The van der Waals surface area contributed by atoms with Crippen LogP contribution in [0.4, 0.5) is 4.39 Å². The smallest absolute Gasteiger partial charge is 0.338 e. The highest BCUT2D eigenvalue weighted by atomic mass is 32.2. The average molecular weight is 228 g/mol. The van der Waals surface area contributed by atoms with E-state index >= 15 is 0 Å². The van der Waals surface area contributed by atoms with E-state index < -0.39 is 12.6 Å². The van der Waals surface area contributed by atoms with Gasteiger partial charge in [-0.3, -0.25) is 0 Å². The average Bonchev–Trinajstić information content (AvgIpc) is 2.28. The van der Waals surface area contributed by atoms with Gasteiger partial charge in [0.2, 0.25) is 0 Å². The highest BCUT2D eigenvalue weighted by Gasteiger charge is 2.12. The number of rotatable bonds is 4. The zero-order chi connectivity index (χ0) is 11.3. The first kappa shape index (κ1) is 12.0. The predicted molar refractivity (Wildman–Crippen MR) is 59.0 cm³/mol. The molecule has 0 N–H and O–H groups in total. The number of carbonyl (C=O) groups excluding carboxylic acids is 1. The number of hydrogen-bond acceptors (Lipinski definition) is 3. The second-order valence-corrected chi connectivity index (χ2v) is 3.76. The third-order valence-electron chi connectivity index (χ3n) is 1.96. The molecule has 0 aliphatic heterocycles. The zero-order valence-corrected chi connectivity index (χ0v) is 9.57. The predicted octanol–water partition coefficient (Wildman–Crippen LogP) is 3.05. The monoisotopic (exact) mass is 228 g/mol. The Morgan fingerprint density at radius 3 is 2.80 bits per heavy atom. The molecule has 0 radical (unpaired) electrons. The van der Waals surface area contributed by atoms with Crippen molar-refractivity contribution in [2.24, 2.45) is 0 Å². The van der Waals surface area contributed by atoms with Crippen molar-refractivity contribution < 1.29 is 13.9 Å². The Morgan fingerprint density at radius 1 is 1.53 bits per heavy atom. The summed E-state index contributed by atoms with van der Waals surface area (Å²) in [5, 5.41) is 0.